The van der Waals surface area contributed by atoms with Gasteiger partial charge in [0.2, 0.25) is 0 Å². The van der Waals surface area contributed by atoms with Crippen LogP contribution in [-0.4, -0.2) is 35.6 Å². The highest BCUT2D eigenvalue weighted by atomic mass is 32.1. The molecule has 1 unspecified atom stereocenters. The average Bonchev–Trinajstić information content (AvgIpc) is 2.65. The van der Waals surface area contributed by atoms with Crippen LogP contribution >= 0.6 is 11.3 Å². The lowest BCUT2D eigenvalue weighted by Crippen LogP contribution is -2.49. The van der Waals surface area contributed by atoms with Crippen molar-refractivity contribution in [2.24, 2.45) is 0 Å². The van der Waals surface area contributed by atoms with Gasteiger partial charge in [-0.1, -0.05) is 0 Å². The third-order valence-electron chi connectivity index (χ3n) is 2.53. The van der Waals surface area contributed by atoms with Gasteiger partial charge in [-0.3, -0.25) is 4.90 Å². The quantitative estimate of drug-likeness (QED) is 0.802. The van der Waals surface area contributed by atoms with Crippen LogP contribution in [0.5, 0.6) is 0 Å². The zero-order valence-corrected chi connectivity index (χ0v) is 9.55. The van der Waals surface area contributed by atoms with Gasteiger partial charge >= 0.3 is 0 Å². The first-order valence-electron chi connectivity index (χ1n) is 5.05. The summed E-state index contributed by atoms with van der Waals surface area (Å²) < 4.78 is 0. The van der Waals surface area contributed by atoms with Crippen molar-refractivity contribution < 1.29 is 0 Å². The Balaban J connectivity index is 2.01. The molecule has 2 heterocycles. The molecule has 4 nitrogen and oxygen atoms in total. The molecule has 1 aliphatic heterocycles. The zero-order valence-electron chi connectivity index (χ0n) is 8.73. The number of aromatic nitrogens is 1. The first-order valence-corrected chi connectivity index (χ1v) is 5.87. The summed E-state index contributed by atoms with van der Waals surface area (Å²) in [6.45, 7) is 5.54. The molecular weight excluding hydrogens is 208 g/mol. The van der Waals surface area contributed by atoms with Gasteiger partial charge in [-0.2, -0.15) is 5.26 Å². The number of thiazole rings is 1. The predicted molar refractivity (Wildman–Crippen MR) is 59.5 cm³/mol. The fourth-order valence-corrected chi connectivity index (χ4v) is 2.56. The van der Waals surface area contributed by atoms with Gasteiger partial charge in [0.15, 0.2) is 0 Å². The summed E-state index contributed by atoms with van der Waals surface area (Å²) in [6.07, 6.45) is 1.91. The number of hydrogen-bond donors (Lipinski definition) is 1. The van der Waals surface area contributed by atoms with Crippen molar-refractivity contribution in [3.63, 3.8) is 0 Å². The number of nitriles is 1. The van der Waals surface area contributed by atoms with E-state index < -0.39 is 0 Å². The Morgan fingerprint density at radius 3 is 3.33 bits per heavy atom. The molecule has 0 bridgehead atoms. The van der Waals surface area contributed by atoms with Gasteiger partial charge in [-0.15, -0.1) is 11.3 Å². The van der Waals surface area contributed by atoms with Crippen molar-refractivity contribution in [2.45, 2.75) is 19.5 Å². The fraction of sp³-hybridized carbons (Fsp3) is 0.600. The molecule has 0 saturated carbocycles. The van der Waals surface area contributed by atoms with Crippen LogP contribution < -0.4 is 5.32 Å². The van der Waals surface area contributed by atoms with Gasteiger partial charge in [0, 0.05) is 37.3 Å². The number of rotatable bonds is 2. The van der Waals surface area contributed by atoms with Crippen molar-refractivity contribution in [3.8, 4) is 6.07 Å². The first-order chi connectivity index (χ1) is 7.29. The maximum absolute atomic E-state index is 9.00. The minimum absolute atomic E-state index is 0.00107. The number of nitrogens with one attached hydrogen (secondary N) is 1. The standard InChI is InChI=1S/C10H14N4S/c1-8-13-6-10(15-8)7-14-3-2-12-5-9(14)4-11/h6,9,12H,2-3,5,7H2,1H3. The van der Waals surface area contributed by atoms with E-state index in [0.717, 1.165) is 31.2 Å². The summed E-state index contributed by atoms with van der Waals surface area (Å²) in [5, 5.41) is 13.3. The van der Waals surface area contributed by atoms with Crippen LogP contribution in [0, 0.1) is 18.3 Å². The Labute approximate surface area is 93.5 Å². The largest absolute Gasteiger partial charge is 0.313 e. The molecule has 1 atom stereocenters. The van der Waals surface area contributed by atoms with Crippen molar-refractivity contribution in [1.82, 2.24) is 15.2 Å². The third kappa shape index (κ3) is 2.53. The topological polar surface area (TPSA) is 52.0 Å². The first kappa shape index (κ1) is 10.6. The number of aryl methyl sites for hydroxylation is 1. The molecule has 1 N–H and O–H groups in total. The average molecular weight is 222 g/mol. The Hall–Kier alpha value is -0.960. The third-order valence-corrected chi connectivity index (χ3v) is 3.43. The predicted octanol–water partition coefficient (Wildman–Crippen LogP) is 0.749. The molecule has 2 rings (SSSR count). The smallest absolute Gasteiger partial charge is 0.111 e. The lowest BCUT2D eigenvalue weighted by molar-refractivity contribution is 0.191. The second-order valence-corrected chi connectivity index (χ2v) is 4.98. The van der Waals surface area contributed by atoms with E-state index in [1.54, 1.807) is 11.3 Å². The van der Waals surface area contributed by atoms with Crippen molar-refractivity contribution in [2.75, 3.05) is 19.6 Å². The van der Waals surface area contributed by atoms with E-state index in [1.807, 2.05) is 13.1 Å². The minimum Gasteiger partial charge on any atom is -0.313 e. The molecular formula is C10H14N4S. The van der Waals surface area contributed by atoms with Crippen LogP contribution in [-0.2, 0) is 6.54 Å². The van der Waals surface area contributed by atoms with Gasteiger partial charge in [-0.25, -0.2) is 4.98 Å². The van der Waals surface area contributed by atoms with Crippen molar-refractivity contribution in [3.05, 3.63) is 16.1 Å². The Morgan fingerprint density at radius 1 is 1.80 bits per heavy atom. The summed E-state index contributed by atoms with van der Waals surface area (Å²) in [7, 11) is 0. The highest BCUT2D eigenvalue weighted by Gasteiger charge is 2.21. The lowest BCUT2D eigenvalue weighted by atomic mass is 10.2. The summed E-state index contributed by atoms with van der Waals surface area (Å²) in [5.74, 6) is 0. The monoisotopic (exact) mass is 222 g/mol. The van der Waals surface area contributed by atoms with Crippen molar-refractivity contribution in [1.29, 1.82) is 5.26 Å². The molecule has 1 aromatic rings. The van der Waals surface area contributed by atoms with Gasteiger partial charge < -0.3 is 5.32 Å². The van der Waals surface area contributed by atoms with E-state index >= 15 is 0 Å². The molecule has 1 aromatic heterocycles. The molecule has 1 fully saturated rings. The molecule has 0 aromatic carbocycles. The van der Waals surface area contributed by atoms with E-state index in [4.69, 9.17) is 5.26 Å². The van der Waals surface area contributed by atoms with Gasteiger partial charge in [0.25, 0.3) is 0 Å². The normalized spacial score (nSPS) is 22.5. The van der Waals surface area contributed by atoms with E-state index in [-0.39, 0.29) is 6.04 Å². The SMILES string of the molecule is Cc1ncc(CN2CCNCC2C#N)s1. The highest BCUT2D eigenvalue weighted by molar-refractivity contribution is 7.11. The molecule has 5 heteroatoms. The van der Waals surface area contributed by atoms with Gasteiger partial charge in [-0.05, 0) is 6.92 Å². The van der Waals surface area contributed by atoms with Crippen molar-refractivity contribution >= 4 is 11.3 Å². The van der Waals surface area contributed by atoms with E-state index in [9.17, 15) is 0 Å². The molecule has 0 radical (unpaired) electrons. The van der Waals surface area contributed by atoms with Crippen LogP contribution in [0.4, 0.5) is 0 Å². The Bertz CT molecular complexity index is 368. The number of piperazine rings is 1. The van der Waals surface area contributed by atoms with Crippen LogP contribution in [0.1, 0.15) is 9.88 Å². The van der Waals surface area contributed by atoms with Crippen LogP contribution in [0.15, 0.2) is 6.20 Å². The highest BCUT2D eigenvalue weighted by Crippen LogP contribution is 2.16. The second-order valence-electron chi connectivity index (χ2n) is 3.67. The Kier molecular flexibility index (Phi) is 3.31. The summed E-state index contributed by atoms with van der Waals surface area (Å²) in [5.41, 5.74) is 0. The van der Waals surface area contributed by atoms with Crippen LogP contribution in [0.2, 0.25) is 0 Å². The maximum atomic E-state index is 9.00. The van der Waals surface area contributed by atoms with Crippen LogP contribution in [0.25, 0.3) is 0 Å². The molecule has 0 spiro atoms. The summed E-state index contributed by atoms with van der Waals surface area (Å²) in [6, 6.07) is 2.33. The van der Waals surface area contributed by atoms with Gasteiger partial charge in [0.05, 0.1) is 11.1 Å². The Morgan fingerprint density at radius 2 is 2.67 bits per heavy atom. The van der Waals surface area contributed by atoms with Crippen LogP contribution in [0.3, 0.4) is 0 Å². The lowest BCUT2D eigenvalue weighted by Gasteiger charge is -2.31. The zero-order chi connectivity index (χ0) is 10.7. The fourth-order valence-electron chi connectivity index (χ4n) is 1.74. The number of hydrogen-bond acceptors (Lipinski definition) is 5. The number of nitrogens with zero attached hydrogens (tertiary/aromatic N) is 3. The summed E-state index contributed by atoms with van der Waals surface area (Å²) >= 11 is 1.71. The van der Waals surface area contributed by atoms with Gasteiger partial charge in [0.1, 0.15) is 6.04 Å². The van der Waals surface area contributed by atoms with E-state index in [1.165, 1.54) is 4.88 Å². The molecule has 1 aliphatic rings. The van der Waals surface area contributed by atoms with E-state index in [0.29, 0.717) is 0 Å². The molecule has 0 aliphatic carbocycles. The second kappa shape index (κ2) is 4.71. The molecule has 1 saturated heterocycles. The summed E-state index contributed by atoms with van der Waals surface area (Å²) in [4.78, 5) is 7.68. The molecule has 80 valence electrons. The molecule has 0 amide bonds. The maximum Gasteiger partial charge on any atom is 0.111 e. The minimum atomic E-state index is 0.00107. The molecule has 15 heavy (non-hydrogen) atoms. The van der Waals surface area contributed by atoms with E-state index in [2.05, 4.69) is 21.3 Å².